The molecule has 11 heteroatoms. The quantitative estimate of drug-likeness (QED) is 0.365. The van der Waals surface area contributed by atoms with Crippen molar-refractivity contribution in [1.29, 1.82) is 0 Å². The normalized spacial score (nSPS) is 14.1. The molecular formula is C28H33N5O5S. The molecule has 5 N–H and O–H groups in total. The van der Waals surface area contributed by atoms with E-state index in [2.05, 4.69) is 9.69 Å². The highest BCUT2D eigenvalue weighted by Crippen LogP contribution is 2.38. The number of hydrogen-bond donors (Lipinski definition) is 3. The lowest BCUT2D eigenvalue weighted by molar-refractivity contribution is -0.123. The number of nitrogens with two attached hydrogens (primary N) is 2. The summed E-state index contributed by atoms with van der Waals surface area (Å²) in [5, 5.41) is 3.15. The van der Waals surface area contributed by atoms with Crippen molar-refractivity contribution in [3.8, 4) is 11.5 Å². The molecular weight excluding hydrogens is 518 g/mol. The van der Waals surface area contributed by atoms with Crippen LogP contribution in [0.25, 0.3) is 0 Å². The second kappa shape index (κ2) is 11.7. The molecule has 1 atom stereocenters. The highest BCUT2D eigenvalue weighted by atomic mass is 32.1. The number of amides is 3. The minimum atomic E-state index is -1.10. The van der Waals surface area contributed by atoms with Gasteiger partial charge in [-0.1, -0.05) is 36.6 Å². The van der Waals surface area contributed by atoms with E-state index in [1.165, 1.54) is 19.1 Å². The Hall–Kier alpha value is -4.12. The van der Waals surface area contributed by atoms with Crippen molar-refractivity contribution in [3.63, 3.8) is 0 Å². The van der Waals surface area contributed by atoms with E-state index in [0.717, 1.165) is 48.3 Å². The molecule has 1 aliphatic rings. The Bertz CT molecular complexity index is 1400. The maximum atomic E-state index is 14.3. The molecule has 4 rings (SSSR count). The molecule has 0 spiro atoms. The summed E-state index contributed by atoms with van der Waals surface area (Å²) < 4.78 is 14.9. The molecule has 1 saturated carbocycles. The van der Waals surface area contributed by atoms with E-state index in [4.69, 9.17) is 20.9 Å². The maximum Gasteiger partial charge on any atom is 0.273 e. The van der Waals surface area contributed by atoms with Gasteiger partial charge < -0.3 is 26.3 Å². The van der Waals surface area contributed by atoms with E-state index in [1.54, 1.807) is 24.3 Å². The fourth-order valence-corrected chi connectivity index (χ4v) is 5.71. The number of primary amides is 1. The molecule has 1 aromatic heterocycles. The van der Waals surface area contributed by atoms with Gasteiger partial charge in [-0.15, -0.1) is 0 Å². The molecule has 1 heterocycles. The topological polar surface area (TPSA) is 150 Å². The Labute approximate surface area is 231 Å². The summed E-state index contributed by atoms with van der Waals surface area (Å²) in [4.78, 5) is 41.7. The Morgan fingerprint density at radius 3 is 2.33 bits per heavy atom. The highest BCUT2D eigenvalue weighted by molar-refractivity contribution is 7.09. The van der Waals surface area contributed by atoms with Gasteiger partial charge in [-0.3, -0.25) is 19.3 Å². The standard InChI is InChI=1S/C28H33N5O5S/c1-15-9-11-19(16(2)13-15)33(28(36)25-22(29)23(26(30)34)32-39-25)24(27(35)31-18-7-5-6-8-18)17-10-12-20(37-3)21(14-17)38-4/h9-14,18,24H,5-8,29H2,1-4H3,(H2,30,34)(H,31,35). The van der Waals surface area contributed by atoms with Gasteiger partial charge in [-0.05, 0) is 67.5 Å². The zero-order valence-corrected chi connectivity index (χ0v) is 23.3. The lowest BCUT2D eigenvalue weighted by Gasteiger charge is -2.33. The minimum Gasteiger partial charge on any atom is -0.493 e. The Balaban J connectivity index is 1.93. The van der Waals surface area contributed by atoms with E-state index < -0.39 is 17.9 Å². The molecule has 3 aromatic rings. The molecule has 0 aliphatic heterocycles. The maximum absolute atomic E-state index is 14.3. The number of benzene rings is 2. The van der Waals surface area contributed by atoms with Crippen LogP contribution < -0.4 is 31.2 Å². The summed E-state index contributed by atoms with van der Waals surface area (Å²) in [6.07, 6.45) is 3.79. The Morgan fingerprint density at radius 1 is 1.05 bits per heavy atom. The van der Waals surface area contributed by atoms with E-state index in [1.807, 2.05) is 26.0 Å². The third-order valence-corrected chi connectivity index (χ3v) is 7.77. The van der Waals surface area contributed by atoms with Crippen LogP contribution in [0.2, 0.25) is 0 Å². The molecule has 0 bridgehead atoms. The zero-order valence-electron chi connectivity index (χ0n) is 22.4. The van der Waals surface area contributed by atoms with Crippen LogP contribution in [0, 0.1) is 13.8 Å². The second-order valence-corrected chi connectivity index (χ2v) is 10.4. The molecule has 0 saturated heterocycles. The summed E-state index contributed by atoms with van der Waals surface area (Å²) in [6.45, 7) is 3.82. The number of nitrogens with zero attached hydrogens (tertiary/aromatic N) is 2. The number of nitrogen functional groups attached to an aromatic ring is 1. The number of anilines is 2. The number of ether oxygens (including phenoxy) is 2. The lowest BCUT2D eigenvalue weighted by atomic mass is 9.99. The summed E-state index contributed by atoms with van der Waals surface area (Å²) in [5.41, 5.74) is 14.1. The Kier molecular flexibility index (Phi) is 8.39. The SMILES string of the molecule is COc1ccc(C(C(=O)NC2CCCC2)N(C(=O)c2snc(C(N)=O)c2N)c2ccc(C)cc2C)cc1OC. The smallest absolute Gasteiger partial charge is 0.273 e. The fourth-order valence-electron chi connectivity index (χ4n) is 4.97. The molecule has 1 aliphatic carbocycles. The van der Waals surface area contributed by atoms with Crippen LogP contribution in [0.15, 0.2) is 36.4 Å². The van der Waals surface area contributed by atoms with Crippen LogP contribution in [0.5, 0.6) is 11.5 Å². The number of rotatable bonds is 9. The average molecular weight is 552 g/mol. The first-order valence-corrected chi connectivity index (χ1v) is 13.4. The van der Waals surface area contributed by atoms with Crippen LogP contribution in [0.4, 0.5) is 11.4 Å². The van der Waals surface area contributed by atoms with Crippen molar-refractivity contribution in [2.24, 2.45) is 5.73 Å². The van der Waals surface area contributed by atoms with Gasteiger partial charge in [0.25, 0.3) is 11.8 Å². The number of aromatic nitrogens is 1. The van der Waals surface area contributed by atoms with Crippen LogP contribution in [0.1, 0.15) is 68.6 Å². The second-order valence-electron chi connectivity index (χ2n) is 9.61. The summed E-state index contributed by atoms with van der Waals surface area (Å²) in [6, 6.07) is 9.62. The molecule has 10 nitrogen and oxygen atoms in total. The van der Waals surface area contributed by atoms with E-state index in [-0.39, 0.29) is 28.2 Å². The third kappa shape index (κ3) is 5.68. The first kappa shape index (κ1) is 27.9. The molecule has 0 radical (unpaired) electrons. The summed E-state index contributed by atoms with van der Waals surface area (Å²) in [7, 11) is 3.03. The van der Waals surface area contributed by atoms with Gasteiger partial charge in [0.05, 0.1) is 19.9 Å². The molecule has 1 unspecified atom stereocenters. The van der Waals surface area contributed by atoms with E-state index in [0.29, 0.717) is 22.7 Å². The number of carbonyl (C=O) groups is 3. The number of methoxy groups -OCH3 is 2. The van der Waals surface area contributed by atoms with Gasteiger partial charge in [-0.2, -0.15) is 4.37 Å². The monoisotopic (exact) mass is 551 g/mol. The molecule has 206 valence electrons. The molecule has 1 fully saturated rings. The number of aryl methyl sites for hydroxylation is 2. The molecule has 2 aromatic carbocycles. The van der Waals surface area contributed by atoms with Crippen LogP contribution in [0.3, 0.4) is 0 Å². The van der Waals surface area contributed by atoms with E-state index in [9.17, 15) is 14.4 Å². The molecule has 3 amide bonds. The minimum absolute atomic E-state index is 0.00569. The van der Waals surface area contributed by atoms with Gasteiger partial charge in [0.15, 0.2) is 17.2 Å². The third-order valence-electron chi connectivity index (χ3n) is 6.92. The van der Waals surface area contributed by atoms with Gasteiger partial charge in [-0.25, -0.2) is 0 Å². The average Bonchev–Trinajstić information content (AvgIpc) is 3.56. The number of hydrogen-bond acceptors (Lipinski definition) is 8. The predicted molar refractivity (Wildman–Crippen MR) is 150 cm³/mol. The van der Waals surface area contributed by atoms with Gasteiger partial charge in [0.1, 0.15) is 10.9 Å². The highest BCUT2D eigenvalue weighted by Gasteiger charge is 2.38. The van der Waals surface area contributed by atoms with Crippen molar-refractivity contribution in [1.82, 2.24) is 9.69 Å². The van der Waals surface area contributed by atoms with Gasteiger partial charge in [0, 0.05) is 11.7 Å². The summed E-state index contributed by atoms with van der Waals surface area (Å²) >= 11 is 0.772. The Morgan fingerprint density at radius 2 is 1.74 bits per heavy atom. The van der Waals surface area contributed by atoms with Crippen LogP contribution in [-0.2, 0) is 4.79 Å². The van der Waals surface area contributed by atoms with Crippen molar-refractivity contribution < 1.29 is 23.9 Å². The first-order valence-electron chi connectivity index (χ1n) is 12.6. The zero-order chi connectivity index (χ0) is 28.3. The van der Waals surface area contributed by atoms with Crippen LogP contribution in [-0.4, -0.2) is 42.4 Å². The van der Waals surface area contributed by atoms with Crippen molar-refractivity contribution in [3.05, 3.63) is 63.7 Å². The molecule has 39 heavy (non-hydrogen) atoms. The van der Waals surface area contributed by atoms with Crippen molar-refractivity contribution in [2.45, 2.75) is 51.6 Å². The predicted octanol–water partition coefficient (Wildman–Crippen LogP) is 3.91. The number of nitrogens with one attached hydrogen (secondary N) is 1. The van der Waals surface area contributed by atoms with Gasteiger partial charge in [0.2, 0.25) is 5.91 Å². The lowest BCUT2D eigenvalue weighted by Crippen LogP contribution is -2.46. The van der Waals surface area contributed by atoms with Crippen LogP contribution >= 0.6 is 11.5 Å². The number of carbonyl (C=O) groups excluding carboxylic acids is 3. The summed E-state index contributed by atoms with van der Waals surface area (Å²) in [5.74, 6) is -0.865. The largest absolute Gasteiger partial charge is 0.493 e. The first-order chi connectivity index (χ1) is 18.7. The van der Waals surface area contributed by atoms with E-state index >= 15 is 0 Å². The fraction of sp³-hybridized carbons (Fsp3) is 0.357. The van der Waals surface area contributed by atoms with Crippen molar-refractivity contribution in [2.75, 3.05) is 24.9 Å². The van der Waals surface area contributed by atoms with Crippen molar-refractivity contribution >= 4 is 40.6 Å². The van der Waals surface area contributed by atoms with Gasteiger partial charge >= 0.3 is 0 Å².